The molecular formula is C17H27N5O8. The van der Waals surface area contributed by atoms with E-state index in [1.165, 1.54) is 11.8 Å². The van der Waals surface area contributed by atoms with Crippen molar-refractivity contribution in [1.29, 1.82) is 0 Å². The summed E-state index contributed by atoms with van der Waals surface area (Å²) in [6.45, 7) is 1.61. The Balaban J connectivity index is 2.72. The number of carboxylic acids is 2. The maximum Gasteiger partial charge on any atom is 0.326 e. The van der Waals surface area contributed by atoms with Gasteiger partial charge in [0.25, 0.3) is 0 Å². The molecule has 13 nitrogen and oxygen atoms in total. The van der Waals surface area contributed by atoms with Crippen molar-refractivity contribution in [3.8, 4) is 0 Å². The molecule has 13 heteroatoms. The van der Waals surface area contributed by atoms with Gasteiger partial charge in [0.15, 0.2) is 0 Å². The van der Waals surface area contributed by atoms with Gasteiger partial charge in [-0.2, -0.15) is 0 Å². The van der Waals surface area contributed by atoms with Crippen LogP contribution in [0, 0.1) is 0 Å². The predicted octanol–water partition coefficient (Wildman–Crippen LogP) is -2.88. The van der Waals surface area contributed by atoms with Crippen molar-refractivity contribution < 1.29 is 39.0 Å². The first-order valence-corrected chi connectivity index (χ1v) is 9.33. The first-order valence-electron chi connectivity index (χ1n) is 9.33. The number of amides is 4. The van der Waals surface area contributed by atoms with E-state index in [1.54, 1.807) is 0 Å². The topological polar surface area (TPSA) is 222 Å². The average Bonchev–Trinajstić information content (AvgIpc) is 3.13. The molecule has 0 aromatic heterocycles. The Labute approximate surface area is 172 Å². The van der Waals surface area contributed by atoms with Crippen LogP contribution in [-0.2, 0) is 28.8 Å². The third-order valence-electron chi connectivity index (χ3n) is 4.59. The second kappa shape index (κ2) is 11.1. The van der Waals surface area contributed by atoms with Gasteiger partial charge in [-0.3, -0.25) is 24.0 Å². The maximum absolute atomic E-state index is 12.7. The number of primary amides is 1. The van der Waals surface area contributed by atoms with Gasteiger partial charge in [0.1, 0.15) is 18.1 Å². The van der Waals surface area contributed by atoms with Crippen LogP contribution in [0.2, 0.25) is 0 Å². The van der Waals surface area contributed by atoms with Crippen molar-refractivity contribution in [2.24, 2.45) is 11.5 Å². The van der Waals surface area contributed by atoms with Gasteiger partial charge >= 0.3 is 11.9 Å². The lowest BCUT2D eigenvalue weighted by Crippen LogP contribution is -2.56. The van der Waals surface area contributed by atoms with E-state index >= 15 is 0 Å². The van der Waals surface area contributed by atoms with Crippen molar-refractivity contribution in [1.82, 2.24) is 15.5 Å². The molecule has 168 valence electrons. The average molecular weight is 429 g/mol. The molecule has 1 saturated heterocycles. The monoisotopic (exact) mass is 429 g/mol. The Hall–Kier alpha value is -3.22. The molecule has 4 atom stereocenters. The SMILES string of the molecule is CC(NC(=O)C(N)CCC(=O)O)C(=O)N1CCCC1C(=O)NC(CC(N)=O)C(=O)O. The van der Waals surface area contributed by atoms with E-state index in [0.29, 0.717) is 6.42 Å². The Bertz CT molecular complexity index is 712. The molecule has 0 bridgehead atoms. The number of hydrogen-bond donors (Lipinski definition) is 6. The zero-order valence-corrected chi connectivity index (χ0v) is 16.5. The number of rotatable bonds is 11. The first-order chi connectivity index (χ1) is 13.9. The Morgan fingerprint density at radius 3 is 2.30 bits per heavy atom. The molecule has 0 radical (unpaired) electrons. The van der Waals surface area contributed by atoms with Gasteiger partial charge < -0.3 is 37.2 Å². The second-order valence-electron chi connectivity index (χ2n) is 7.03. The highest BCUT2D eigenvalue weighted by Gasteiger charge is 2.38. The molecule has 1 aliphatic heterocycles. The smallest absolute Gasteiger partial charge is 0.326 e. The first kappa shape index (κ1) is 24.8. The molecule has 0 aromatic rings. The van der Waals surface area contributed by atoms with Gasteiger partial charge in [0.2, 0.25) is 23.6 Å². The number of nitrogens with two attached hydrogens (primary N) is 2. The molecule has 0 spiro atoms. The molecule has 30 heavy (non-hydrogen) atoms. The van der Waals surface area contributed by atoms with Crippen LogP contribution >= 0.6 is 0 Å². The fourth-order valence-electron chi connectivity index (χ4n) is 3.01. The van der Waals surface area contributed by atoms with Crippen molar-refractivity contribution in [2.75, 3.05) is 6.54 Å². The largest absolute Gasteiger partial charge is 0.481 e. The predicted molar refractivity (Wildman–Crippen MR) is 101 cm³/mol. The van der Waals surface area contributed by atoms with Crippen molar-refractivity contribution in [3.63, 3.8) is 0 Å². The summed E-state index contributed by atoms with van der Waals surface area (Å²) in [6, 6.07) is -4.63. The van der Waals surface area contributed by atoms with E-state index < -0.39 is 66.2 Å². The number of hydrogen-bond acceptors (Lipinski definition) is 7. The van der Waals surface area contributed by atoms with E-state index in [2.05, 4.69) is 10.6 Å². The fraction of sp³-hybridized carbons (Fsp3) is 0.647. The second-order valence-corrected chi connectivity index (χ2v) is 7.03. The lowest BCUT2D eigenvalue weighted by Gasteiger charge is -2.28. The minimum Gasteiger partial charge on any atom is -0.481 e. The lowest BCUT2D eigenvalue weighted by atomic mass is 10.1. The van der Waals surface area contributed by atoms with E-state index in [0.717, 1.165) is 0 Å². The summed E-state index contributed by atoms with van der Waals surface area (Å²) in [4.78, 5) is 71.1. The van der Waals surface area contributed by atoms with Gasteiger partial charge in [-0.15, -0.1) is 0 Å². The molecule has 1 fully saturated rings. The van der Waals surface area contributed by atoms with Crippen LogP contribution in [0.25, 0.3) is 0 Å². The third kappa shape index (κ3) is 7.31. The summed E-state index contributed by atoms with van der Waals surface area (Å²) in [5, 5.41) is 22.3. The highest BCUT2D eigenvalue weighted by molar-refractivity contribution is 5.95. The number of likely N-dealkylation sites (tertiary alicyclic amines) is 1. The van der Waals surface area contributed by atoms with Crippen LogP contribution in [-0.4, -0.2) is 81.4 Å². The molecule has 8 N–H and O–H groups in total. The van der Waals surface area contributed by atoms with Gasteiger partial charge in [0, 0.05) is 13.0 Å². The van der Waals surface area contributed by atoms with Crippen molar-refractivity contribution in [3.05, 3.63) is 0 Å². The molecule has 0 saturated carbocycles. The highest BCUT2D eigenvalue weighted by Crippen LogP contribution is 2.19. The number of aliphatic carboxylic acids is 2. The molecule has 1 heterocycles. The number of carboxylic acid groups (broad SMARTS) is 2. The van der Waals surface area contributed by atoms with Crippen LogP contribution in [0.1, 0.15) is 39.0 Å². The number of carbonyl (C=O) groups excluding carboxylic acids is 4. The zero-order valence-electron chi connectivity index (χ0n) is 16.5. The summed E-state index contributed by atoms with van der Waals surface area (Å²) < 4.78 is 0. The molecular weight excluding hydrogens is 402 g/mol. The molecule has 4 amide bonds. The van der Waals surface area contributed by atoms with Gasteiger partial charge in [0.05, 0.1) is 12.5 Å². The van der Waals surface area contributed by atoms with Crippen molar-refractivity contribution >= 4 is 35.6 Å². The van der Waals surface area contributed by atoms with E-state index in [9.17, 15) is 28.8 Å². The molecule has 1 aliphatic rings. The third-order valence-corrected chi connectivity index (χ3v) is 4.59. The summed E-state index contributed by atoms with van der Waals surface area (Å²) in [7, 11) is 0. The van der Waals surface area contributed by atoms with Crippen LogP contribution in [0.3, 0.4) is 0 Å². The van der Waals surface area contributed by atoms with Crippen LogP contribution in [0.4, 0.5) is 0 Å². The quantitative estimate of drug-likeness (QED) is 0.198. The Morgan fingerprint density at radius 2 is 1.77 bits per heavy atom. The highest BCUT2D eigenvalue weighted by atomic mass is 16.4. The molecule has 1 rings (SSSR count). The number of nitrogens with one attached hydrogen (secondary N) is 2. The standard InChI is InChI=1S/C17H27N5O8/c1-8(20-14(26)9(18)4-5-13(24)25)16(28)22-6-2-3-11(22)15(27)21-10(17(29)30)7-12(19)23/h8-11H,2-7,18H2,1H3,(H2,19,23)(H,20,26)(H,21,27)(H,24,25)(H,29,30). The summed E-state index contributed by atoms with van der Waals surface area (Å²) in [5.74, 6) is -5.47. The van der Waals surface area contributed by atoms with Crippen LogP contribution < -0.4 is 22.1 Å². The number of carbonyl (C=O) groups is 6. The Morgan fingerprint density at radius 1 is 1.13 bits per heavy atom. The van der Waals surface area contributed by atoms with Crippen molar-refractivity contribution in [2.45, 2.75) is 63.2 Å². The van der Waals surface area contributed by atoms with Gasteiger partial charge in [-0.1, -0.05) is 0 Å². The molecule has 4 unspecified atom stereocenters. The van der Waals surface area contributed by atoms with E-state index in [-0.39, 0.29) is 25.8 Å². The van der Waals surface area contributed by atoms with Crippen LogP contribution in [0.5, 0.6) is 0 Å². The minimum atomic E-state index is -1.52. The normalized spacial score (nSPS) is 18.7. The van der Waals surface area contributed by atoms with Gasteiger partial charge in [-0.25, -0.2) is 4.79 Å². The van der Waals surface area contributed by atoms with E-state index in [4.69, 9.17) is 21.7 Å². The summed E-state index contributed by atoms with van der Waals surface area (Å²) >= 11 is 0. The lowest BCUT2D eigenvalue weighted by molar-refractivity contribution is -0.145. The number of nitrogens with zero attached hydrogens (tertiary/aromatic N) is 1. The summed E-state index contributed by atoms with van der Waals surface area (Å²) in [6.07, 6.45) is -0.244. The molecule has 0 aliphatic carbocycles. The zero-order chi connectivity index (χ0) is 23.0. The summed E-state index contributed by atoms with van der Waals surface area (Å²) in [5.41, 5.74) is 10.6. The maximum atomic E-state index is 12.7. The molecule has 0 aromatic carbocycles. The van der Waals surface area contributed by atoms with Crippen LogP contribution in [0.15, 0.2) is 0 Å². The Kier molecular flexibility index (Phi) is 9.17. The minimum absolute atomic E-state index is 0.104. The van der Waals surface area contributed by atoms with E-state index in [1.807, 2.05) is 0 Å². The van der Waals surface area contributed by atoms with Gasteiger partial charge in [-0.05, 0) is 26.2 Å². The fourth-order valence-corrected chi connectivity index (χ4v) is 3.01.